The highest BCUT2D eigenvalue weighted by molar-refractivity contribution is 5.75. The van der Waals surface area contributed by atoms with E-state index in [1.165, 1.54) is 12.8 Å². The van der Waals surface area contributed by atoms with Gasteiger partial charge in [-0.3, -0.25) is 4.79 Å². The van der Waals surface area contributed by atoms with Crippen LogP contribution in [0.2, 0.25) is 0 Å². The number of carbonyl (C=O) groups is 1. The zero-order chi connectivity index (χ0) is 16.2. The van der Waals surface area contributed by atoms with Crippen molar-refractivity contribution in [2.24, 2.45) is 28.1 Å². The van der Waals surface area contributed by atoms with E-state index in [1.807, 2.05) is 6.92 Å². The van der Waals surface area contributed by atoms with Crippen LogP contribution in [0.15, 0.2) is 24.3 Å². The lowest BCUT2D eigenvalue weighted by Crippen LogP contribution is -2.54. The number of carboxylic acids is 1. The Hall–Kier alpha value is -1.05. The molecule has 122 valence electrons. The molecule has 2 unspecified atom stereocenters. The first-order valence-electron chi connectivity index (χ1n) is 8.84. The Bertz CT molecular complexity index is 534. The lowest BCUT2D eigenvalue weighted by Gasteiger charge is -2.59. The molecule has 2 fully saturated rings. The highest BCUT2D eigenvalue weighted by Crippen LogP contribution is 2.63. The smallest absolute Gasteiger partial charge is 0.309 e. The van der Waals surface area contributed by atoms with E-state index in [2.05, 4.69) is 32.6 Å². The SMILES string of the molecule is C=CC1(C)C=C2CCC3[C@](C)(C(=O)O)CCC[C@]3(C)[C@H]2CC1. The van der Waals surface area contributed by atoms with Crippen molar-refractivity contribution in [3.8, 4) is 0 Å². The number of rotatable bonds is 2. The van der Waals surface area contributed by atoms with E-state index < -0.39 is 11.4 Å². The molecule has 1 N–H and O–H groups in total. The summed E-state index contributed by atoms with van der Waals surface area (Å²) in [6.45, 7) is 10.7. The topological polar surface area (TPSA) is 37.3 Å². The molecule has 2 nitrogen and oxygen atoms in total. The largest absolute Gasteiger partial charge is 0.481 e. The Morgan fingerprint density at radius 3 is 2.64 bits per heavy atom. The van der Waals surface area contributed by atoms with E-state index in [-0.39, 0.29) is 10.8 Å². The molecular formula is C20H30O2. The van der Waals surface area contributed by atoms with E-state index >= 15 is 0 Å². The maximum Gasteiger partial charge on any atom is 0.309 e. The minimum absolute atomic E-state index is 0.139. The Morgan fingerprint density at radius 2 is 2.00 bits per heavy atom. The molecule has 0 saturated heterocycles. The van der Waals surface area contributed by atoms with Gasteiger partial charge >= 0.3 is 5.97 Å². The Labute approximate surface area is 134 Å². The van der Waals surface area contributed by atoms with Crippen LogP contribution < -0.4 is 0 Å². The van der Waals surface area contributed by atoms with Gasteiger partial charge in [0.1, 0.15) is 0 Å². The zero-order valence-corrected chi connectivity index (χ0v) is 14.3. The van der Waals surface area contributed by atoms with Gasteiger partial charge in [0.25, 0.3) is 0 Å². The molecule has 0 radical (unpaired) electrons. The molecule has 3 aliphatic carbocycles. The maximum absolute atomic E-state index is 12.0. The number of carboxylic acid groups (broad SMARTS) is 1. The first-order chi connectivity index (χ1) is 10.3. The molecule has 0 bridgehead atoms. The molecular weight excluding hydrogens is 272 g/mol. The molecule has 0 aliphatic heterocycles. The zero-order valence-electron chi connectivity index (χ0n) is 14.3. The monoisotopic (exact) mass is 302 g/mol. The number of allylic oxidation sites excluding steroid dienone is 3. The van der Waals surface area contributed by atoms with Crippen LogP contribution in [-0.2, 0) is 4.79 Å². The molecule has 2 saturated carbocycles. The summed E-state index contributed by atoms with van der Waals surface area (Å²) >= 11 is 0. The van der Waals surface area contributed by atoms with E-state index in [1.54, 1.807) is 5.57 Å². The fourth-order valence-electron chi connectivity index (χ4n) is 5.94. The van der Waals surface area contributed by atoms with Gasteiger partial charge in [-0.25, -0.2) is 0 Å². The lowest BCUT2D eigenvalue weighted by molar-refractivity contribution is -0.164. The van der Waals surface area contributed by atoms with Gasteiger partial charge in [0.15, 0.2) is 0 Å². The number of fused-ring (bicyclic) bond motifs is 3. The van der Waals surface area contributed by atoms with Crippen molar-refractivity contribution in [2.75, 3.05) is 0 Å². The van der Waals surface area contributed by atoms with Crippen molar-refractivity contribution in [3.05, 3.63) is 24.3 Å². The van der Waals surface area contributed by atoms with Gasteiger partial charge in [0, 0.05) is 5.41 Å². The Kier molecular flexibility index (Phi) is 3.58. The minimum Gasteiger partial charge on any atom is -0.481 e. The van der Waals surface area contributed by atoms with Crippen LogP contribution in [0.5, 0.6) is 0 Å². The predicted molar refractivity (Wildman–Crippen MR) is 89.5 cm³/mol. The second kappa shape index (κ2) is 4.97. The van der Waals surface area contributed by atoms with E-state index in [4.69, 9.17) is 0 Å². The average molecular weight is 302 g/mol. The average Bonchev–Trinajstić information content (AvgIpc) is 2.46. The molecule has 5 atom stereocenters. The number of hydrogen-bond donors (Lipinski definition) is 1. The third kappa shape index (κ3) is 2.10. The first-order valence-corrected chi connectivity index (χ1v) is 8.84. The molecule has 3 aliphatic rings. The molecule has 22 heavy (non-hydrogen) atoms. The van der Waals surface area contributed by atoms with Crippen molar-refractivity contribution in [2.45, 2.75) is 65.7 Å². The van der Waals surface area contributed by atoms with Crippen LogP contribution in [0.1, 0.15) is 65.7 Å². The summed E-state index contributed by atoms with van der Waals surface area (Å²) in [4.78, 5) is 12.0. The molecule has 0 aromatic rings. The number of hydrogen-bond acceptors (Lipinski definition) is 1. The number of aliphatic carboxylic acids is 1. The van der Waals surface area contributed by atoms with Gasteiger partial charge in [-0.1, -0.05) is 38.0 Å². The van der Waals surface area contributed by atoms with Crippen LogP contribution in [0.4, 0.5) is 0 Å². The van der Waals surface area contributed by atoms with Gasteiger partial charge in [-0.2, -0.15) is 0 Å². The standard InChI is InChI=1S/C20H30O2/c1-5-18(2)12-9-15-14(13-18)7-8-16-19(15,3)10-6-11-20(16,4)17(21)22/h5,13,15-16H,1,6-12H2,2-4H3,(H,21,22)/t15-,16?,18?,19+,20+/m0/s1. The quantitative estimate of drug-likeness (QED) is 0.711. The lowest BCUT2D eigenvalue weighted by atomic mass is 9.45. The van der Waals surface area contributed by atoms with E-state index in [9.17, 15) is 9.90 Å². The highest BCUT2D eigenvalue weighted by atomic mass is 16.4. The molecule has 0 spiro atoms. The van der Waals surface area contributed by atoms with E-state index in [0.717, 1.165) is 32.1 Å². The molecule has 0 amide bonds. The van der Waals surface area contributed by atoms with Crippen molar-refractivity contribution < 1.29 is 9.90 Å². The minimum atomic E-state index is -0.581. The summed E-state index contributed by atoms with van der Waals surface area (Å²) < 4.78 is 0. The fraction of sp³-hybridized carbons (Fsp3) is 0.750. The van der Waals surface area contributed by atoms with Crippen LogP contribution in [0.25, 0.3) is 0 Å². The summed E-state index contributed by atoms with van der Waals surface area (Å²) in [5.74, 6) is 0.322. The van der Waals surface area contributed by atoms with Crippen molar-refractivity contribution in [1.29, 1.82) is 0 Å². The summed E-state index contributed by atoms with van der Waals surface area (Å²) in [6, 6.07) is 0. The van der Waals surface area contributed by atoms with Gasteiger partial charge < -0.3 is 5.11 Å². The first kappa shape index (κ1) is 15.8. The molecule has 0 heterocycles. The fourth-order valence-corrected chi connectivity index (χ4v) is 5.94. The van der Waals surface area contributed by atoms with Gasteiger partial charge in [-0.15, -0.1) is 6.58 Å². The third-order valence-electron chi connectivity index (χ3n) is 7.38. The van der Waals surface area contributed by atoms with Gasteiger partial charge in [0.05, 0.1) is 5.41 Å². The second-order valence-corrected chi connectivity index (χ2v) is 8.69. The highest BCUT2D eigenvalue weighted by Gasteiger charge is 2.58. The van der Waals surface area contributed by atoms with Crippen LogP contribution >= 0.6 is 0 Å². The normalized spacial score (nSPS) is 47.9. The van der Waals surface area contributed by atoms with E-state index in [0.29, 0.717) is 11.8 Å². The van der Waals surface area contributed by atoms with Gasteiger partial charge in [0.2, 0.25) is 0 Å². The summed E-state index contributed by atoms with van der Waals surface area (Å²) in [5, 5.41) is 9.84. The molecule has 0 aromatic carbocycles. The molecule has 2 heteroatoms. The van der Waals surface area contributed by atoms with Crippen molar-refractivity contribution in [1.82, 2.24) is 0 Å². The summed E-state index contributed by atoms with van der Waals surface area (Å²) in [5.41, 5.74) is 1.36. The maximum atomic E-state index is 12.0. The Balaban J connectivity index is 1.99. The van der Waals surface area contributed by atoms with Crippen molar-refractivity contribution >= 4 is 5.97 Å². The van der Waals surface area contributed by atoms with Crippen LogP contribution in [-0.4, -0.2) is 11.1 Å². The predicted octanol–water partition coefficient (Wildman–Crippen LogP) is 5.21. The molecule has 0 aromatic heterocycles. The van der Waals surface area contributed by atoms with Gasteiger partial charge in [-0.05, 0) is 62.7 Å². The summed E-state index contributed by atoms with van der Waals surface area (Å²) in [7, 11) is 0. The van der Waals surface area contributed by atoms with Crippen molar-refractivity contribution in [3.63, 3.8) is 0 Å². The Morgan fingerprint density at radius 1 is 1.27 bits per heavy atom. The third-order valence-corrected chi connectivity index (χ3v) is 7.38. The second-order valence-electron chi connectivity index (χ2n) is 8.69. The van der Waals surface area contributed by atoms with Crippen LogP contribution in [0, 0.1) is 28.1 Å². The van der Waals surface area contributed by atoms with Crippen LogP contribution in [0.3, 0.4) is 0 Å². The summed E-state index contributed by atoms with van der Waals surface area (Å²) in [6.07, 6.45) is 12.1. The molecule has 3 rings (SSSR count).